The Hall–Kier alpha value is -2.37. The van der Waals surface area contributed by atoms with Gasteiger partial charge in [0.25, 0.3) is 0 Å². The third-order valence-corrected chi connectivity index (χ3v) is 4.94. The fourth-order valence-corrected chi connectivity index (χ4v) is 3.53. The van der Waals surface area contributed by atoms with Crippen LogP contribution >= 0.6 is 0 Å². The first-order valence-corrected chi connectivity index (χ1v) is 9.05. The summed E-state index contributed by atoms with van der Waals surface area (Å²) in [7, 11) is 11.0. The van der Waals surface area contributed by atoms with Crippen molar-refractivity contribution in [3.8, 4) is 23.0 Å². The molecule has 3 aromatic carbocycles. The number of halogens is 1. The molecule has 0 atom stereocenters. The molecule has 0 amide bonds. The highest BCUT2D eigenvalue weighted by molar-refractivity contribution is 6.13. The molecule has 5 nitrogen and oxygen atoms in total. The molecule has 0 aromatic heterocycles. The van der Waals surface area contributed by atoms with Gasteiger partial charge < -0.3 is 36.3 Å². The van der Waals surface area contributed by atoms with E-state index in [0.717, 1.165) is 40.6 Å². The Bertz CT molecular complexity index is 972. The summed E-state index contributed by atoms with van der Waals surface area (Å²) in [5.74, 6) is 2.90. The molecule has 0 unspecified atom stereocenters. The van der Waals surface area contributed by atoms with Gasteiger partial charge in [0.2, 0.25) is 0 Å². The van der Waals surface area contributed by atoms with Crippen molar-refractivity contribution in [1.82, 2.24) is 0 Å². The highest BCUT2D eigenvalue weighted by Gasteiger charge is 2.18. The number of hydrogen-bond acceptors (Lipinski definition) is 4. The van der Waals surface area contributed by atoms with Crippen LogP contribution in [0, 0.1) is 0 Å². The number of nitrogens with one attached hydrogen (secondary N) is 1. The van der Waals surface area contributed by atoms with Crippen LogP contribution in [0.1, 0.15) is 5.56 Å². The molecule has 1 N–H and O–H groups in total. The van der Waals surface area contributed by atoms with Gasteiger partial charge in [0, 0.05) is 11.8 Å². The Kier molecular flexibility index (Phi) is 7.22. The molecule has 152 valence electrons. The van der Waals surface area contributed by atoms with Crippen LogP contribution < -0.4 is 36.3 Å². The molecule has 0 saturated heterocycles. The predicted octanol–water partition coefficient (Wildman–Crippen LogP) is -0.282. The average Bonchev–Trinajstić information content (AvgIpc) is 2.69. The summed E-state index contributed by atoms with van der Waals surface area (Å²) in [5.41, 5.74) is 1.25. The van der Waals surface area contributed by atoms with Gasteiger partial charge in [0.15, 0.2) is 23.0 Å². The molecule has 3 rings (SSSR count). The molecule has 0 bridgehead atoms. The van der Waals surface area contributed by atoms with Crippen LogP contribution in [0.15, 0.2) is 30.3 Å². The van der Waals surface area contributed by atoms with Crippen molar-refractivity contribution in [3.63, 3.8) is 0 Å². The zero-order valence-corrected chi connectivity index (χ0v) is 18.1. The first-order valence-electron chi connectivity index (χ1n) is 9.05. The second kappa shape index (κ2) is 9.22. The van der Waals surface area contributed by atoms with Gasteiger partial charge in [-0.15, -0.1) is 0 Å². The van der Waals surface area contributed by atoms with E-state index in [4.69, 9.17) is 18.9 Å². The van der Waals surface area contributed by atoms with Crippen molar-refractivity contribution in [3.05, 3.63) is 35.9 Å². The lowest BCUT2D eigenvalue weighted by Crippen LogP contribution is -3.05. The molecular weight excluding hydrogens is 378 g/mol. The molecule has 6 heteroatoms. The number of methoxy groups -OCH3 is 4. The Labute approximate surface area is 172 Å². The third-order valence-electron chi connectivity index (χ3n) is 4.94. The first kappa shape index (κ1) is 21.9. The smallest absolute Gasteiger partial charge is 0.169 e. The van der Waals surface area contributed by atoms with E-state index in [1.165, 1.54) is 15.8 Å². The molecule has 0 spiro atoms. The predicted molar refractivity (Wildman–Crippen MR) is 109 cm³/mol. The van der Waals surface area contributed by atoms with Gasteiger partial charge in [-0.25, -0.2) is 0 Å². The minimum atomic E-state index is 0. The van der Waals surface area contributed by atoms with Crippen LogP contribution in [0.5, 0.6) is 23.0 Å². The van der Waals surface area contributed by atoms with E-state index < -0.39 is 0 Å². The second-order valence-electron chi connectivity index (χ2n) is 6.89. The molecule has 3 aromatic rings. The van der Waals surface area contributed by atoms with Crippen molar-refractivity contribution in [2.75, 3.05) is 49.1 Å². The summed E-state index contributed by atoms with van der Waals surface area (Å²) >= 11 is 0. The number of quaternary nitrogens is 1. The lowest BCUT2D eigenvalue weighted by Gasteiger charge is -2.18. The Morgan fingerprint density at radius 2 is 1.39 bits per heavy atom. The van der Waals surface area contributed by atoms with E-state index in [1.54, 1.807) is 28.4 Å². The molecule has 0 heterocycles. The maximum absolute atomic E-state index is 5.77. The third kappa shape index (κ3) is 3.91. The zero-order chi connectivity index (χ0) is 19.6. The van der Waals surface area contributed by atoms with E-state index in [1.807, 2.05) is 12.1 Å². The van der Waals surface area contributed by atoms with Gasteiger partial charge in [-0.1, -0.05) is 12.1 Å². The van der Waals surface area contributed by atoms with Crippen LogP contribution in [0.4, 0.5) is 0 Å². The number of fused-ring (bicyclic) bond motifs is 3. The van der Waals surface area contributed by atoms with Crippen LogP contribution in [0.3, 0.4) is 0 Å². The zero-order valence-electron chi connectivity index (χ0n) is 17.3. The monoisotopic (exact) mass is 405 g/mol. The van der Waals surface area contributed by atoms with Gasteiger partial charge in [0.1, 0.15) is 0 Å². The first-order chi connectivity index (χ1) is 13.0. The largest absolute Gasteiger partial charge is 1.00 e. The topological polar surface area (TPSA) is 41.4 Å². The quantitative estimate of drug-likeness (QED) is 0.549. The summed E-state index contributed by atoms with van der Waals surface area (Å²) in [4.78, 5) is 1.41. The number of likely N-dealkylation sites (N-methyl/N-ethyl adjacent to an activating group) is 1. The van der Waals surface area contributed by atoms with Gasteiger partial charge in [-0.2, -0.15) is 0 Å². The molecule has 0 aliphatic carbocycles. The van der Waals surface area contributed by atoms with Gasteiger partial charge in [0.05, 0.1) is 49.1 Å². The minimum Gasteiger partial charge on any atom is -1.00 e. The molecule has 0 fully saturated rings. The van der Waals surface area contributed by atoms with Crippen LogP contribution in [0.2, 0.25) is 0 Å². The van der Waals surface area contributed by atoms with Gasteiger partial charge in [-0.05, 0) is 39.9 Å². The fraction of sp³-hybridized carbons (Fsp3) is 0.364. The van der Waals surface area contributed by atoms with Crippen molar-refractivity contribution in [2.24, 2.45) is 0 Å². The van der Waals surface area contributed by atoms with Gasteiger partial charge in [-0.3, -0.25) is 0 Å². The van der Waals surface area contributed by atoms with Crippen molar-refractivity contribution in [2.45, 2.75) is 6.42 Å². The van der Waals surface area contributed by atoms with Gasteiger partial charge >= 0.3 is 0 Å². The second-order valence-corrected chi connectivity index (χ2v) is 6.89. The Morgan fingerprint density at radius 1 is 0.750 bits per heavy atom. The minimum absolute atomic E-state index is 0. The maximum Gasteiger partial charge on any atom is 0.169 e. The van der Waals surface area contributed by atoms with Crippen LogP contribution in [0.25, 0.3) is 21.5 Å². The molecule has 0 aliphatic rings. The lowest BCUT2D eigenvalue weighted by atomic mass is 9.95. The molecule has 0 radical (unpaired) electrons. The number of ether oxygens (including phenoxy) is 4. The van der Waals surface area contributed by atoms with Crippen LogP contribution in [-0.4, -0.2) is 49.1 Å². The normalized spacial score (nSPS) is 10.8. The summed E-state index contributed by atoms with van der Waals surface area (Å²) in [6.45, 7) is 1.04. The Morgan fingerprint density at radius 3 is 1.96 bits per heavy atom. The summed E-state index contributed by atoms with van der Waals surface area (Å²) in [5, 5.41) is 4.34. The Balaban J connectivity index is 0.00000280. The van der Waals surface area contributed by atoms with E-state index in [9.17, 15) is 0 Å². The molecule has 28 heavy (non-hydrogen) atoms. The van der Waals surface area contributed by atoms with E-state index in [2.05, 4.69) is 32.3 Å². The van der Waals surface area contributed by atoms with Crippen molar-refractivity contribution < 1.29 is 36.3 Å². The summed E-state index contributed by atoms with van der Waals surface area (Å²) < 4.78 is 22.4. The number of hydrogen-bond donors (Lipinski definition) is 1. The lowest BCUT2D eigenvalue weighted by molar-refractivity contribution is -0.858. The van der Waals surface area contributed by atoms with E-state index in [0.29, 0.717) is 11.5 Å². The highest BCUT2D eigenvalue weighted by Crippen LogP contribution is 2.44. The molecular formula is C22H28ClNO4. The molecule has 0 aliphatic heterocycles. The summed E-state index contributed by atoms with van der Waals surface area (Å²) in [6, 6.07) is 10.4. The number of benzene rings is 3. The SMILES string of the molecule is COc1cc2ccc3c(CC[NH+](C)C)cc(OC)c(OC)c3c2cc1OC.[Cl-]. The summed E-state index contributed by atoms with van der Waals surface area (Å²) in [6.07, 6.45) is 0.956. The van der Waals surface area contributed by atoms with Crippen molar-refractivity contribution >= 4 is 21.5 Å². The maximum atomic E-state index is 5.77. The van der Waals surface area contributed by atoms with E-state index in [-0.39, 0.29) is 12.4 Å². The number of rotatable bonds is 7. The highest BCUT2D eigenvalue weighted by atomic mass is 35.5. The van der Waals surface area contributed by atoms with Crippen LogP contribution in [-0.2, 0) is 6.42 Å². The standard InChI is InChI=1S/C22H27NO4.ClH/c1-23(2)10-9-15-12-20(26-5)22(27-6)21-16(15)8-7-14-11-18(24-3)19(25-4)13-17(14)21;/h7-8,11-13H,9-10H2,1-6H3;1H. The molecule has 0 saturated carbocycles. The average molecular weight is 406 g/mol. The fourth-order valence-electron chi connectivity index (χ4n) is 3.53. The van der Waals surface area contributed by atoms with Crippen molar-refractivity contribution in [1.29, 1.82) is 0 Å². The van der Waals surface area contributed by atoms with E-state index >= 15 is 0 Å².